The summed E-state index contributed by atoms with van der Waals surface area (Å²) in [5.41, 5.74) is -2.69. The number of ketones is 1. The number of nitrogens with zero attached hydrogens (tertiary/aromatic N) is 1. The van der Waals surface area contributed by atoms with Crippen molar-refractivity contribution in [2.24, 2.45) is 0 Å². The summed E-state index contributed by atoms with van der Waals surface area (Å²) in [5.74, 6) is -4.17. The summed E-state index contributed by atoms with van der Waals surface area (Å²) in [6.07, 6.45) is 0. The number of aliphatic carboxylic acids is 1. The highest BCUT2D eigenvalue weighted by Crippen LogP contribution is 2.25. The van der Waals surface area contributed by atoms with Gasteiger partial charge in [-0.05, 0) is 13.8 Å². The molecule has 0 aromatic rings. The van der Waals surface area contributed by atoms with Gasteiger partial charge in [-0.1, -0.05) is 34.8 Å². The van der Waals surface area contributed by atoms with Gasteiger partial charge in [0, 0.05) is 7.05 Å². The maximum atomic E-state index is 11.8. The Morgan fingerprint density at radius 2 is 1.62 bits per heavy atom. The molecule has 0 aromatic carbocycles. The van der Waals surface area contributed by atoms with Gasteiger partial charge in [0.05, 0.1) is 6.04 Å². The highest BCUT2D eigenvalue weighted by atomic mass is 35.6. The molecule has 2 atom stereocenters. The lowest BCUT2D eigenvalue weighted by molar-refractivity contribution is -0.164. The standard InChI is InChI=1S/C10H13Cl3N2O6/c1-4(5(16)9(2,21)7(18)19)15(3)8(20)14-6(17)10(11,12)13/h4,21H,1-3H3,(H,18,19)(H,14,17,20)/t4-,9?/m0/s1. The van der Waals surface area contributed by atoms with Gasteiger partial charge in [0.25, 0.3) is 9.70 Å². The number of alkyl halides is 3. The van der Waals surface area contributed by atoms with Crippen molar-refractivity contribution >= 4 is 58.5 Å². The number of hydrogen-bond donors (Lipinski definition) is 3. The largest absolute Gasteiger partial charge is 0.479 e. The van der Waals surface area contributed by atoms with Gasteiger partial charge in [0.2, 0.25) is 5.60 Å². The van der Waals surface area contributed by atoms with E-state index in [1.165, 1.54) is 6.92 Å². The summed E-state index contributed by atoms with van der Waals surface area (Å²) in [4.78, 5) is 46.3. The van der Waals surface area contributed by atoms with Crippen LogP contribution in [0.1, 0.15) is 13.8 Å². The molecule has 1 unspecified atom stereocenters. The van der Waals surface area contributed by atoms with Crippen LogP contribution in [0.2, 0.25) is 0 Å². The van der Waals surface area contributed by atoms with E-state index in [0.29, 0.717) is 4.90 Å². The first-order chi connectivity index (χ1) is 9.22. The van der Waals surface area contributed by atoms with Crippen LogP contribution in [0.15, 0.2) is 0 Å². The summed E-state index contributed by atoms with van der Waals surface area (Å²) in [6, 6.07) is -2.45. The Kier molecular flexibility index (Phi) is 6.43. The second kappa shape index (κ2) is 6.78. The van der Waals surface area contributed by atoms with Crippen molar-refractivity contribution in [2.45, 2.75) is 29.3 Å². The lowest BCUT2D eigenvalue weighted by Crippen LogP contribution is -2.56. The van der Waals surface area contributed by atoms with E-state index >= 15 is 0 Å². The molecule has 8 nitrogen and oxygen atoms in total. The third-order valence-corrected chi connectivity index (χ3v) is 3.17. The minimum Gasteiger partial charge on any atom is -0.479 e. The molecule has 120 valence electrons. The first-order valence-corrected chi connectivity index (χ1v) is 6.51. The zero-order chi connectivity index (χ0) is 17.2. The van der Waals surface area contributed by atoms with Gasteiger partial charge in [0.1, 0.15) is 0 Å². The molecule has 3 N–H and O–H groups in total. The van der Waals surface area contributed by atoms with Crippen LogP contribution in [0.4, 0.5) is 4.79 Å². The van der Waals surface area contributed by atoms with Crippen LogP contribution in [0.5, 0.6) is 0 Å². The van der Waals surface area contributed by atoms with E-state index in [2.05, 4.69) is 0 Å². The third-order valence-electron chi connectivity index (χ3n) is 2.65. The summed E-state index contributed by atoms with van der Waals surface area (Å²) < 4.78 is -2.38. The normalized spacial score (nSPS) is 15.6. The van der Waals surface area contributed by atoms with Crippen molar-refractivity contribution in [1.29, 1.82) is 0 Å². The van der Waals surface area contributed by atoms with Gasteiger partial charge in [-0.3, -0.25) is 14.9 Å². The second-order valence-electron chi connectivity index (χ2n) is 4.29. The van der Waals surface area contributed by atoms with E-state index in [1.807, 2.05) is 0 Å². The molecule has 21 heavy (non-hydrogen) atoms. The highest BCUT2D eigenvalue weighted by molar-refractivity contribution is 6.76. The van der Waals surface area contributed by atoms with Crippen molar-refractivity contribution in [3.05, 3.63) is 0 Å². The van der Waals surface area contributed by atoms with Crippen LogP contribution in [0.25, 0.3) is 0 Å². The fraction of sp³-hybridized carbons (Fsp3) is 0.600. The summed E-state index contributed by atoms with van der Waals surface area (Å²) in [5, 5.41) is 20.0. The lowest BCUT2D eigenvalue weighted by Gasteiger charge is -2.28. The van der Waals surface area contributed by atoms with Crippen LogP contribution in [0, 0.1) is 0 Å². The van der Waals surface area contributed by atoms with E-state index in [-0.39, 0.29) is 0 Å². The molecule has 0 bridgehead atoms. The third kappa shape index (κ3) is 4.99. The van der Waals surface area contributed by atoms with E-state index in [0.717, 1.165) is 14.0 Å². The number of aliphatic hydroxyl groups is 1. The number of urea groups is 1. The van der Waals surface area contributed by atoms with Gasteiger partial charge < -0.3 is 15.1 Å². The van der Waals surface area contributed by atoms with E-state index in [9.17, 15) is 24.3 Å². The van der Waals surface area contributed by atoms with Gasteiger partial charge in [-0.2, -0.15) is 0 Å². The van der Waals surface area contributed by atoms with Gasteiger partial charge >= 0.3 is 12.0 Å². The Labute approximate surface area is 134 Å². The predicted octanol–water partition coefficient (Wildman–Crippen LogP) is 0.318. The minimum atomic E-state index is -2.69. The summed E-state index contributed by atoms with van der Waals surface area (Å²) in [6.45, 7) is 1.94. The topological polar surface area (TPSA) is 124 Å². The molecule has 0 rings (SSSR count). The number of likely N-dealkylation sites (N-methyl/N-ethyl adjacent to an activating group) is 1. The highest BCUT2D eigenvalue weighted by Gasteiger charge is 2.43. The van der Waals surface area contributed by atoms with E-state index in [1.54, 1.807) is 5.32 Å². The molecule has 0 spiro atoms. The smallest absolute Gasteiger partial charge is 0.343 e. The number of hydrogen-bond acceptors (Lipinski definition) is 5. The number of halogens is 3. The summed E-state index contributed by atoms with van der Waals surface area (Å²) in [7, 11) is 1.10. The Bertz CT molecular complexity index is 474. The van der Waals surface area contributed by atoms with Gasteiger partial charge in [-0.15, -0.1) is 0 Å². The molecule has 0 saturated carbocycles. The van der Waals surface area contributed by atoms with Crippen molar-refractivity contribution in [3.8, 4) is 0 Å². The molecule has 0 aliphatic heterocycles. The zero-order valence-electron chi connectivity index (χ0n) is 11.2. The molecule has 0 fully saturated rings. The number of rotatable bonds is 4. The Morgan fingerprint density at radius 1 is 1.19 bits per heavy atom. The first-order valence-electron chi connectivity index (χ1n) is 5.38. The number of carboxylic acids is 1. The number of imide groups is 1. The van der Waals surface area contributed by atoms with Crippen molar-refractivity contribution in [3.63, 3.8) is 0 Å². The maximum Gasteiger partial charge on any atom is 0.343 e. The van der Waals surface area contributed by atoms with Crippen LogP contribution in [0.3, 0.4) is 0 Å². The maximum absolute atomic E-state index is 11.8. The SMILES string of the molecule is C[C@@H](C(=O)C(C)(O)C(=O)O)N(C)C(=O)NC(=O)C(Cl)(Cl)Cl. The van der Waals surface area contributed by atoms with Crippen molar-refractivity contribution in [1.82, 2.24) is 10.2 Å². The average Bonchev–Trinajstić information content (AvgIpc) is 2.34. The number of nitrogens with one attached hydrogen (secondary N) is 1. The Hall–Kier alpha value is -1.09. The van der Waals surface area contributed by atoms with Crippen molar-refractivity contribution < 1.29 is 29.4 Å². The Morgan fingerprint density at radius 3 is 1.95 bits per heavy atom. The fourth-order valence-electron chi connectivity index (χ4n) is 1.12. The van der Waals surface area contributed by atoms with Crippen LogP contribution in [-0.4, -0.2) is 61.3 Å². The molecule has 0 radical (unpaired) electrons. The van der Waals surface area contributed by atoms with Crippen molar-refractivity contribution in [2.75, 3.05) is 7.05 Å². The Balaban J connectivity index is 4.98. The quantitative estimate of drug-likeness (QED) is 0.488. The number of Topliss-reactive ketones (excluding diaryl/α,β-unsaturated/α-hetero) is 1. The van der Waals surface area contributed by atoms with Crippen LogP contribution < -0.4 is 5.32 Å². The lowest BCUT2D eigenvalue weighted by atomic mass is 9.95. The average molecular weight is 364 g/mol. The fourth-order valence-corrected chi connectivity index (χ4v) is 1.26. The number of amides is 3. The molecule has 0 aliphatic carbocycles. The summed E-state index contributed by atoms with van der Waals surface area (Å²) >= 11 is 15.8. The second-order valence-corrected chi connectivity index (χ2v) is 6.57. The molecular formula is C10H13Cl3N2O6. The van der Waals surface area contributed by atoms with Crippen LogP contribution in [-0.2, 0) is 14.4 Å². The molecule has 3 amide bonds. The monoisotopic (exact) mass is 362 g/mol. The molecule has 0 heterocycles. The van der Waals surface area contributed by atoms with E-state index in [4.69, 9.17) is 39.9 Å². The number of carbonyl (C=O) groups excluding carboxylic acids is 3. The van der Waals surface area contributed by atoms with Crippen LogP contribution >= 0.6 is 34.8 Å². The molecular weight excluding hydrogens is 350 g/mol. The molecule has 0 aliphatic rings. The predicted molar refractivity (Wildman–Crippen MR) is 74.3 cm³/mol. The molecule has 0 aromatic heterocycles. The molecule has 0 saturated heterocycles. The van der Waals surface area contributed by atoms with Gasteiger partial charge in [0.15, 0.2) is 5.78 Å². The number of carboxylic acid groups (broad SMARTS) is 1. The zero-order valence-corrected chi connectivity index (χ0v) is 13.5. The first kappa shape index (κ1) is 19.9. The molecule has 11 heteroatoms. The number of carbonyl (C=O) groups is 4. The van der Waals surface area contributed by atoms with Gasteiger partial charge in [-0.25, -0.2) is 9.59 Å². The minimum absolute atomic E-state index is 0.689. The van der Waals surface area contributed by atoms with E-state index < -0.39 is 39.1 Å².